The predicted octanol–water partition coefficient (Wildman–Crippen LogP) is 0.904. The SMILES string of the molecule is CCOc1cc(CCN)ccc1C(=O)O.[Na]. The zero-order valence-corrected chi connectivity index (χ0v) is 11.7. The first kappa shape index (κ1) is 15.4. The van der Waals surface area contributed by atoms with Crippen molar-refractivity contribution >= 4 is 35.5 Å². The Morgan fingerprint density at radius 1 is 1.50 bits per heavy atom. The molecule has 5 heteroatoms. The van der Waals surface area contributed by atoms with E-state index in [0.717, 1.165) is 12.0 Å². The van der Waals surface area contributed by atoms with Crippen molar-refractivity contribution < 1.29 is 14.6 Å². The molecule has 0 heterocycles. The third-order valence-corrected chi connectivity index (χ3v) is 2.01. The number of carboxylic acid groups (broad SMARTS) is 1. The second-order valence-electron chi connectivity index (χ2n) is 3.11. The first-order valence-corrected chi connectivity index (χ1v) is 4.88. The van der Waals surface area contributed by atoms with Crippen molar-refractivity contribution in [1.82, 2.24) is 0 Å². The van der Waals surface area contributed by atoms with E-state index in [0.29, 0.717) is 18.9 Å². The summed E-state index contributed by atoms with van der Waals surface area (Å²) in [6.07, 6.45) is 0.722. The summed E-state index contributed by atoms with van der Waals surface area (Å²) < 4.78 is 5.26. The minimum Gasteiger partial charge on any atom is -0.493 e. The number of ether oxygens (including phenoxy) is 1. The fourth-order valence-electron chi connectivity index (χ4n) is 1.34. The fourth-order valence-corrected chi connectivity index (χ4v) is 1.34. The zero-order chi connectivity index (χ0) is 11.3. The van der Waals surface area contributed by atoms with Crippen LogP contribution in [0.2, 0.25) is 0 Å². The minimum absolute atomic E-state index is 0. The van der Waals surface area contributed by atoms with Gasteiger partial charge in [0.1, 0.15) is 11.3 Å². The summed E-state index contributed by atoms with van der Waals surface area (Å²) in [5.41, 5.74) is 6.61. The Labute approximate surface area is 117 Å². The molecule has 0 aliphatic carbocycles. The summed E-state index contributed by atoms with van der Waals surface area (Å²) >= 11 is 0. The number of nitrogens with two attached hydrogens (primary N) is 1. The van der Waals surface area contributed by atoms with Gasteiger partial charge in [-0.2, -0.15) is 0 Å². The average molecular weight is 232 g/mol. The van der Waals surface area contributed by atoms with Crippen molar-refractivity contribution in [2.24, 2.45) is 5.73 Å². The predicted molar refractivity (Wildman–Crippen MR) is 63.1 cm³/mol. The topological polar surface area (TPSA) is 72.5 Å². The van der Waals surface area contributed by atoms with E-state index in [1.807, 2.05) is 6.92 Å². The molecule has 0 aliphatic heterocycles. The molecule has 0 saturated carbocycles. The van der Waals surface area contributed by atoms with Crippen LogP contribution >= 0.6 is 0 Å². The molecule has 16 heavy (non-hydrogen) atoms. The number of carbonyl (C=O) groups is 1. The van der Waals surface area contributed by atoms with Gasteiger partial charge in [0, 0.05) is 29.6 Å². The summed E-state index contributed by atoms with van der Waals surface area (Å²) in [5, 5.41) is 8.91. The van der Waals surface area contributed by atoms with E-state index in [1.54, 1.807) is 18.2 Å². The number of aromatic carboxylic acids is 1. The van der Waals surface area contributed by atoms with Gasteiger partial charge in [-0.25, -0.2) is 4.79 Å². The molecule has 1 radical (unpaired) electrons. The van der Waals surface area contributed by atoms with Gasteiger partial charge in [-0.05, 0) is 37.6 Å². The van der Waals surface area contributed by atoms with Crippen molar-refractivity contribution in [2.45, 2.75) is 13.3 Å². The van der Waals surface area contributed by atoms with Crippen molar-refractivity contribution in [3.63, 3.8) is 0 Å². The number of carboxylic acids is 1. The van der Waals surface area contributed by atoms with Crippen molar-refractivity contribution in [2.75, 3.05) is 13.2 Å². The summed E-state index contributed by atoms with van der Waals surface area (Å²) in [4.78, 5) is 10.9. The van der Waals surface area contributed by atoms with Crippen LogP contribution in [-0.2, 0) is 6.42 Å². The van der Waals surface area contributed by atoms with E-state index in [-0.39, 0.29) is 35.1 Å². The molecule has 0 spiro atoms. The Balaban J connectivity index is 0.00000225. The molecule has 0 atom stereocenters. The van der Waals surface area contributed by atoms with E-state index in [2.05, 4.69) is 0 Å². The van der Waals surface area contributed by atoms with Gasteiger partial charge in [0.15, 0.2) is 0 Å². The number of hydrogen-bond acceptors (Lipinski definition) is 3. The van der Waals surface area contributed by atoms with E-state index in [1.165, 1.54) is 0 Å². The molecule has 1 aromatic carbocycles. The molecule has 0 saturated heterocycles. The van der Waals surface area contributed by atoms with Crippen molar-refractivity contribution in [3.8, 4) is 5.75 Å². The second kappa shape index (κ2) is 7.68. The van der Waals surface area contributed by atoms with Crippen LogP contribution in [0.5, 0.6) is 5.75 Å². The monoisotopic (exact) mass is 232 g/mol. The van der Waals surface area contributed by atoms with Crippen LogP contribution < -0.4 is 10.5 Å². The third-order valence-electron chi connectivity index (χ3n) is 2.01. The van der Waals surface area contributed by atoms with Gasteiger partial charge in [0.05, 0.1) is 6.61 Å². The fraction of sp³-hybridized carbons (Fsp3) is 0.364. The molecule has 0 fully saturated rings. The first-order chi connectivity index (χ1) is 7.19. The molecule has 0 unspecified atom stereocenters. The Kier molecular flexibility index (Phi) is 7.42. The molecular weight excluding hydrogens is 217 g/mol. The Morgan fingerprint density at radius 3 is 2.69 bits per heavy atom. The van der Waals surface area contributed by atoms with Crippen LogP contribution in [-0.4, -0.2) is 53.8 Å². The normalized spacial score (nSPS) is 9.38. The Morgan fingerprint density at radius 2 is 2.19 bits per heavy atom. The Bertz CT molecular complexity index is 355. The van der Waals surface area contributed by atoms with Crippen LogP contribution in [0.15, 0.2) is 18.2 Å². The van der Waals surface area contributed by atoms with E-state index >= 15 is 0 Å². The Hall–Kier alpha value is -0.550. The molecule has 1 rings (SSSR count). The maximum absolute atomic E-state index is 10.9. The standard InChI is InChI=1S/C11H15NO3.Na/c1-2-15-10-7-8(5-6-12)3-4-9(10)11(13)14;/h3-4,7H,2,5-6,12H2,1H3,(H,13,14);. The minimum atomic E-state index is -0.974. The van der Waals surface area contributed by atoms with Gasteiger partial charge in [-0.1, -0.05) is 6.07 Å². The molecule has 3 N–H and O–H groups in total. The van der Waals surface area contributed by atoms with Crippen LogP contribution in [0.4, 0.5) is 0 Å². The smallest absolute Gasteiger partial charge is 0.339 e. The number of hydrogen-bond donors (Lipinski definition) is 2. The quantitative estimate of drug-likeness (QED) is 0.740. The maximum Gasteiger partial charge on any atom is 0.339 e. The molecule has 0 aliphatic rings. The maximum atomic E-state index is 10.9. The van der Waals surface area contributed by atoms with Gasteiger partial charge in [-0.3, -0.25) is 0 Å². The first-order valence-electron chi connectivity index (χ1n) is 4.88. The average Bonchev–Trinajstić information content (AvgIpc) is 2.18. The molecule has 0 aromatic heterocycles. The van der Waals surface area contributed by atoms with Gasteiger partial charge >= 0.3 is 5.97 Å². The van der Waals surface area contributed by atoms with Crippen LogP contribution in [0.1, 0.15) is 22.8 Å². The van der Waals surface area contributed by atoms with Crippen LogP contribution in [0, 0.1) is 0 Å². The molecule has 4 nitrogen and oxygen atoms in total. The summed E-state index contributed by atoms with van der Waals surface area (Å²) in [5.74, 6) is -0.561. The largest absolute Gasteiger partial charge is 0.493 e. The molecule has 0 amide bonds. The number of rotatable bonds is 5. The van der Waals surface area contributed by atoms with Crippen LogP contribution in [0.3, 0.4) is 0 Å². The molecule has 1 aromatic rings. The van der Waals surface area contributed by atoms with E-state index < -0.39 is 5.97 Å². The van der Waals surface area contributed by atoms with Gasteiger partial charge < -0.3 is 15.6 Å². The van der Waals surface area contributed by atoms with Crippen molar-refractivity contribution in [1.29, 1.82) is 0 Å². The summed E-state index contributed by atoms with van der Waals surface area (Å²) in [7, 11) is 0. The molecule has 83 valence electrons. The summed E-state index contributed by atoms with van der Waals surface area (Å²) in [6.45, 7) is 2.81. The van der Waals surface area contributed by atoms with E-state index in [9.17, 15) is 4.79 Å². The molecule has 0 bridgehead atoms. The van der Waals surface area contributed by atoms with Gasteiger partial charge in [0.25, 0.3) is 0 Å². The zero-order valence-electron chi connectivity index (χ0n) is 9.69. The van der Waals surface area contributed by atoms with E-state index in [4.69, 9.17) is 15.6 Å². The second-order valence-corrected chi connectivity index (χ2v) is 3.11. The van der Waals surface area contributed by atoms with Gasteiger partial charge in [-0.15, -0.1) is 0 Å². The summed E-state index contributed by atoms with van der Waals surface area (Å²) in [6, 6.07) is 5.05. The number of benzene rings is 1. The third kappa shape index (κ3) is 4.14. The molecular formula is C11H15NNaO3. The van der Waals surface area contributed by atoms with Crippen LogP contribution in [0.25, 0.3) is 0 Å². The van der Waals surface area contributed by atoms with Gasteiger partial charge in [0.2, 0.25) is 0 Å². The van der Waals surface area contributed by atoms with Crippen molar-refractivity contribution in [3.05, 3.63) is 29.3 Å².